The molecule has 0 radical (unpaired) electrons. The topological polar surface area (TPSA) is 76.2 Å². The first-order valence-electron chi connectivity index (χ1n) is 9.81. The number of benzene rings is 2. The van der Waals surface area contributed by atoms with E-state index >= 15 is 0 Å². The molecule has 0 unspecified atom stereocenters. The lowest BCUT2D eigenvalue weighted by Gasteiger charge is -2.24. The van der Waals surface area contributed by atoms with Crippen LogP contribution in [-0.4, -0.2) is 62.9 Å². The van der Waals surface area contributed by atoms with E-state index in [1.807, 2.05) is 6.92 Å². The first kappa shape index (κ1) is 21.0. The van der Waals surface area contributed by atoms with Crippen molar-refractivity contribution in [1.29, 1.82) is 0 Å². The van der Waals surface area contributed by atoms with Gasteiger partial charge in [-0.2, -0.15) is 4.31 Å². The number of hydrogen-bond acceptors (Lipinski definition) is 5. The first-order chi connectivity index (χ1) is 14.4. The van der Waals surface area contributed by atoms with Gasteiger partial charge in [-0.15, -0.1) is 0 Å². The zero-order chi connectivity index (χ0) is 21.3. The second-order valence-electron chi connectivity index (χ2n) is 7.35. The molecule has 4 rings (SSSR count). The van der Waals surface area contributed by atoms with Gasteiger partial charge in [0.2, 0.25) is 10.0 Å². The zero-order valence-corrected chi connectivity index (χ0v) is 18.2. The van der Waals surface area contributed by atoms with E-state index in [1.54, 1.807) is 41.3 Å². The molecule has 0 bridgehead atoms. The van der Waals surface area contributed by atoms with Crippen LogP contribution in [0, 0.1) is 6.92 Å². The molecule has 2 aromatic carbocycles. The Kier molecular flexibility index (Phi) is 5.90. The number of halogens is 1. The van der Waals surface area contributed by atoms with Crippen LogP contribution in [0.5, 0.6) is 11.5 Å². The van der Waals surface area contributed by atoms with Gasteiger partial charge in [-0.3, -0.25) is 4.79 Å². The van der Waals surface area contributed by atoms with E-state index in [0.717, 1.165) is 5.56 Å². The van der Waals surface area contributed by atoms with Gasteiger partial charge in [-0.05, 0) is 37.6 Å². The molecule has 9 heteroatoms. The minimum absolute atomic E-state index is 0.205. The molecule has 0 atom stereocenters. The smallest absolute Gasteiger partial charge is 0.254 e. The molecule has 2 aliphatic heterocycles. The highest BCUT2D eigenvalue weighted by atomic mass is 35.5. The van der Waals surface area contributed by atoms with E-state index in [2.05, 4.69) is 0 Å². The Morgan fingerprint density at radius 2 is 1.73 bits per heavy atom. The number of rotatable bonds is 3. The fourth-order valence-corrected chi connectivity index (χ4v) is 5.35. The number of fused-ring (bicyclic) bond motifs is 1. The fourth-order valence-electron chi connectivity index (χ4n) is 3.61. The van der Waals surface area contributed by atoms with Gasteiger partial charge in [0.15, 0.2) is 11.5 Å². The van der Waals surface area contributed by atoms with Crippen LogP contribution < -0.4 is 9.47 Å². The van der Waals surface area contributed by atoms with E-state index in [1.165, 1.54) is 4.31 Å². The largest absolute Gasteiger partial charge is 0.486 e. The summed E-state index contributed by atoms with van der Waals surface area (Å²) in [6.45, 7) is 4.09. The molecule has 1 saturated heterocycles. The van der Waals surface area contributed by atoms with Gasteiger partial charge in [0.1, 0.15) is 13.2 Å². The minimum Gasteiger partial charge on any atom is -0.486 e. The van der Waals surface area contributed by atoms with Crippen LogP contribution in [0.2, 0.25) is 5.02 Å². The van der Waals surface area contributed by atoms with Gasteiger partial charge in [0.25, 0.3) is 5.91 Å². The van der Waals surface area contributed by atoms with Gasteiger partial charge in [0.05, 0.1) is 9.92 Å². The fraction of sp³-hybridized carbons (Fsp3) is 0.381. The number of nitrogens with zero attached hydrogens (tertiary/aromatic N) is 2. The summed E-state index contributed by atoms with van der Waals surface area (Å²) < 4.78 is 38.5. The van der Waals surface area contributed by atoms with Crippen LogP contribution in [-0.2, 0) is 10.0 Å². The molecule has 30 heavy (non-hydrogen) atoms. The third-order valence-corrected chi connectivity index (χ3v) is 7.44. The lowest BCUT2D eigenvalue weighted by atomic mass is 10.1. The number of carbonyl (C=O) groups excluding carboxylic acids is 1. The van der Waals surface area contributed by atoms with E-state index in [4.69, 9.17) is 21.1 Å². The number of ether oxygens (including phenoxy) is 2. The second-order valence-corrected chi connectivity index (χ2v) is 9.69. The molecular weight excluding hydrogens is 428 g/mol. The van der Waals surface area contributed by atoms with E-state index in [-0.39, 0.29) is 17.3 Å². The Balaban J connectivity index is 1.50. The Hall–Kier alpha value is -2.29. The molecular formula is C21H23ClN2O5S. The molecule has 2 aliphatic rings. The van der Waals surface area contributed by atoms with E-state index < -0.39 is 10.0 Å². The van der Waals surface area contributed by atoms with Crippen molar-refractivity contribution < 1.29 is 22.7 Å². The summed E-state index contributed by atoms with van der Waals surface area (Å²) in [4.78, 5) is 15.0. The standard InChI is InChI=1S/C21H23ClN2O5S/c1-15-3-5-17(6-4-15)30(26,27)24-8-2-7-23(9-10-24)21(25)16-13-18(22)20-19(14-16)28-11-12-29-20/h3-6,13-14H,2,7-12H2,1H3. The zero-order valence-electron chi connectivity index (χ0n) is 16.6. The Morgan fingerprint density at radius 3 is 2.50 bits per heavy atom. The maximum Gasteiger partial charge on any atom is 0.254 e. The highest BCUT2D eigenvalue weighted by Gasteiger charge is 2.29. The molecule has 160 valence electrons. The van der Waals surface area contributed by atoms with Crippen molar-refractivity contribution in [2.24, 2.45) is 0 Å². The summed E-state index contributed by atoms with van der Waals surface area (Å²) in [6.07, 6.45) is 0.551. The molecule has 1 amide bonds. The maximum atomic E-state index is 13.1. The molecule has 0 saturated carbocycles. The van der Waals surface area contributed by atoms with E-state index in [0.29, 0.717) is 61.4 Å². The lowest BCUT2D eigenvalue weighted by Crippen LogP contribution is -2.37. The lowest BCUT2D eigenvalue weighted by molar-refractivity contribution is 0.0763. The summed E-state index contributed by atoms with van der Waals surface area (Å²) in [5.74, 6) is 0.699. The molecule has 1 fully saturated rings. The molecule has 7 nitrogen and oxygen atoms in total. The van der Waals surface area contributed by atoms with Crippen molar-refractivity contribution >= 4 is 27.5 Å². The van der Waals surface area contributed by atoms with Crippen molar-refractivity contribution in [1.82, 2.24) is 9.21 Å². The first-order valence-corrected chi connectivity index (χ1v) is 11.6. The number of carbonyl (C=O) groups is 1. The van der Waals surface area contributed by atoms with Crippen molar-refractivity contribution in [3.63, 3.8) is 0 Å². The average molecular weight is 451 g/mol. The van der Waals surface area contributed by atoms with Gasteiger partial charge in [-0.25, -0.2) is 8.42 Å². The summed E-state index contributed by atoms with van der Waals surface area (Å²) in [5, 5.41) is 0.328. The number of sulfonamides is 1. The van der Waals surface area contributed by atoms with Gasteiger partial charge < -0.3 is 14.4 Å². The van der Waals surface area contributed by atoms with Crippen LogP contribution in [0.25, 0.3) is 0 Å². The second kappa shape index (κ2) is 8.45. The molecule has 0 aromatic heterocycles. The summed E-state index contributed by atoms with van der Waals surface area (Å²) in [6, 6.07) is 10.0. The minimum atomic E-state index is -3.60. The Bertz CT molecular complexity index is 1060. The van der Waals surface area contributed by atoms with Crippen LogP contribution in [0.3, 0.4) is 0 Å². The van der Waals surface area contributed by atoms with Crippen LogP contribution in [0.1, 0.15) is 22.3 Å². The Morgan fingerprint density at radius 1 is 1.00 bits per heavy atom. The van der Waals surface area contributed by atoms with Crippen molar-refractivity contribution in [3.8, 4) is 11.5 Å². The maximum absolute atomic E-state index is 13.1. The van der Waals surface area contributed by atoms with E-state index in [9.17, 15) is 13.2 Å². The third kappa shape index (κ3) is 4.12. The quantitative estimate of drug-likeness (QED) is 0.718. The van der Waals surface area contributed by atoms with Gasteiger partial charge in [0, 0.05) is 31.7 Å². The Labute approximate surface area is 181 Å². The average Bonchev–Trinajstić information content (AvgIpc) is 3.00. The molecule has 2 heterocycles. The molecule has 2 aromatic rings. The predicted octanol–water partition coefficient (Wildman–Crippen LogP) is 2.96. The molecule has 0 aliphatic carbocycles. The summed E-state index contributed by atoms with van der Waals surface area (Å²) >= 11 is 6.26. The van der Waals surface area contributed by atoms with Crippen LogP contribution in [0.15, 0.2) is 41.3 Å². The van der Waals surface area contributed by atoms with Crippen molar-refractivity contribution in [2.45, 2.75) is 18.2 Å². The highest BCUT2D eigenvalue weighted by molar-refractivity contribution is 7.89. The molecule has 0 spiro atoms. The van der Waals surface area contributed by atoms with Crippen molar-refractivity contribution in [2.75, 3.05) is 39.4 Å². The van der Waals surface area contributed by atoms with Gasteiger partial charge in [-0.1, -0.05) is 29.3 Å². The highest BCUT2D eigenvalue weighted by Crippen LogP contribution is 2.38. The third-order valence-electron chi connectivity index (χ3n) is 5.24. The summed E-state index contributed by atoms with van der Waals surface area (Å²) in [7, 11) is -3.60. The van der Waals surface area contributed by atoms with Crippen molar-refractivity contribution in [3.05, 3.63) is 52.5 Å². The monoisotopic (exact) mass is 450 g/mol. The molecule has 0 N–H and O–H groups in total. The predicted molar refractivity (Wildman–Crippen MR) is 113 cm³/mol. The number of hydrogen-bond donors (Lipinski definition) is 0. The number of aryl methyl sites for hydroxylation is 1. The van der Waals surface area contributed by atoms with Crippen LogP contribution in [0.4, 0.5) is 0 Å². The number of amides is 1. The van der Waals surface area contributed by atoms with Gasteiger partial charge >= 0.3 is 0 Å². The SMILES string of the molecule is Cc1ccc(S(=O)(=O)N2CCCN(C(=O)c3cc(Cl)c4c(c3)OCCO4)CC2)cc1. The normalized spacial score (nSPS) is 17.5. The summed E-state index contributed by atoms with van der Waals surface area (Å²) in [5.41, 5.74) is 1.40. The van der Waals surface area contributed by atoms with Crippen LogP contribution >= 0.6 is 11.6 Å².